The van der Waals surface area contributed by atoms with E-state index in [-0.39, 0.29) is 12.1 Å². The summed E-state index contributed by atoms with van der Waals surface area (Å²) < 4.78 is 5.64. The second-order valence-corrected chi connectivity index (χ2v) is 8.86. The molecule has 2 aromatic rings. The van der Waals surface area contributed by atoms with E-state index in [0.29, 0.717) is 13.1 Å². The summed E-state index contributed by atoms with van der Waals surface area (Å²) in [4.78, 5) is 14.6. The van der Waals surface area contributed by atoms with Gasteiger partial charge < -0.3 is 15.0 Å². The number of nitrogens with one attached hydrogen (secondary N) is 1. The molecule has 0 aliphatic carbocycles. The third-order valence-electron chi connectivity index (χ3n) is 4.73. The molecule has 158 valence electrons. The molecule has 0 aliphatic heterocycles. The molecule has 4 nitrogen and oxygen atoms in total. The van der Waals surface area contributed by atoms with Gasteiger partial charge in [0.1, 0.15) is 5.60 Å². The molecule has 0 saturated heterocycles. The van der Waals surface area contributed by atoms with Crippen LogP contribution in [0.15, 0.2) is 48.5 Å². The first-order valence-electron chi connectivity index (χ1n) is 10.1. The van der Waals surface area contributed by atoms with Crippen molar-refractivity contribution < 1.29 is 9.53 Å². The summed E-state index contributed by atoms with van der Waals surface area (Å²) in [6.07, 6.45) is 1.42. The summed E-state index contributed by atoms with van der Waals surface area (Å²) in [5, 5.41) is 4.17. The molecule has 1 amide bonds. The number of carbonyl (C=O) groups is 1. The number of amides is 1. The van der Waals surface area contributed by atoms with E-state index in [9.17, 15) is 4.79 Å². The zero-order valence-corrected chi connectivity index (χ0v) is 18.9. The van der Waals surface area contributed by atoms with Gasteiger partial charge in [0, 0.05) is 24.2 Å². The molecule has 1 N–H and O–H groups in total. The van der Waals surface area contributed by atoms with Crippen LogP contribution in [0.1, 0.15) is 43.9 Å². The van der Waals surface area contributed by atoms with Crippen molar-refractivity contribution in [2.45, 2.75) is 58.7 Å². The Morgan fingerprint density at radius 3 is 2.41 bits per heavy atom. The van der Waals surface area contributed by atoms with Gasteiger partial charge in [-0.25, -0.2) is 4.79 Å². The largest absolute Gasteiger partial charge is 0.444 e. The second-order valence-electron chi connectivity index (χ2n) is 8.45. The van der Waals surface area contributed by atoms with E-state index in [1.165, 1.54) is 5.56 Å². The lowest BCUT2D eigenvalue weighted by Crippen LogP contribution is -2.39. The molecule has 2 aromatic carbocycles. The quantitative estimate of drug-likeness (QED) is 0.608. The van der Waals surface area contributed by atoms with Crippen LogP contribution < -0.4 is 5.32 Å². The highest BCUT2D eigenvalue weighted by Gasteiger charge is 2.23. The molecule has 0 heterocycles. The van der Waals surface area contributed by atoms with Gasteiger partial charge in [0.05, 0.1) is 0 Å². The number of likely N-dealkylation sites (N-methyl/N-ethyl adjacent to an activating group) is 1. The highest BCUT2D eigenvalue weighted by molar-refractivity contribution is 6.31. The van der Waals surface area contributed by atoms with Crippen molar-refractivity contribution in [2.24, 2.45) is 0 Å². The maximum Gasteiger partial charge on any atom is 0.410 e. The van der Waals surface area contributed by atoms with Crippen LogP contribution in [0.4, 0.5) is 4.79 Å². The van der Waals surface area contributed by atoms with Gasteiger partial charge in [-0.05, 0) is 70.3 Å². The molecular formula is C24H33ClN2O2. The summed E-state index contributed by atoms with van der Waals surface area (Å²) in [6.45, 7) is 8.85. The lowest BCUT2D eigenvalue weighted by Gasteiger charge is -2.29. The molecule has 0 radical (unpaired) electrons. The predicted octanol–water partition coefficient (Wildman–Crippen LogP) is 5.61. The van der Waals surface area contributed by atoms with Crippen LogP contribution in [0.3, 0.4) is 0 Å². The summed E-state index contributed by atoms with van der Waals surface area (Å²) in [6, 6.07) is 16.4. The molecule has 0 aliphatic rings. The van der Waals surface area contributed by atoms with Gasteiger partial charge in [-0.15, -0.1) is 0 Å². The van der Waals surface area contributed by atoms with E-state index < -0.39 is 5.60 Å². The normalized spacial score (nSPS) is 12.5. The van der Waals surface area contributed by atoms with Gasteiger partial charge in [0.2, 0.25) is 0 Å². The molecule has 0 fully saturated rings. The van der Waals surface area contributed by atoms with E-state index in [0.717, 1.165) is 29.0 Å². The van der Waals surface area contributed by atoms with Gasteiger partial charge in [0.25, 0.3) is 0 Å². The first-order chi connectivity index (χ1) is 13.7. The molecule has 29 heavy (non-hydrogen) atoms. The Balaban J connectivity index is 2.05. The number of carbonyl (C=O) groups excluding carboxylic acids is 1. The van der Waals surface area contributed by atoms with Crippen LogP contribution in [-0.4, -0.2) is 36.2 Å². The smallest absolute Gasteiger partial charge is 0.410 e. The van der Waals surface area contributed by atoms with E-state index in [2.05, 4.69) is 17.4 Å². The number of halogens is 1. The molecule has 0 bridgehead atoms. The number of ether oxygens (including phenoxy) is 1. The predicted molar refractivity (Wildman–Crippen MR) is 120 cm³/mol. The number of nitrogens with zero attached hydrogens (tertiary/aromatic N) is 1. The van der Waals surface area contributed by atoms with Crippen molar-refractivity contribution in [1.82, 2.24) is 10.2 Å². The molecular weight excluding hydrogens is 384 g/mol. The van der Waals surface area contributed by atoms with Gasteiger partial charge in [-0.3, -0.25) is 0 Å². The third-order valence-corrected chi connectivity index (χ3v) is 5.15. The highest BCUT2D eigenvalue weighted by Crippen LogP contribution is 2.19. The molecule has 5 heteroatoms. The van der Waals surface area contributed by atoms with Gasteiger partial charge in [-0.1, -0.05) is 54.1 Å². The van der Waals surface area contributed by atoms with Crippen LogP contribution in [-0.2, 0) is 17.7 Å². The number of hydrogen-bond donors (Lipinski definition) is 1. The van der Waals surface area contributed by atoms with Gasteiger partial charge in [0.15, 0.2) is 0 Å². The van der Waals surface area contributed by atoms with Crippen LogP contribution in [0.5, 0.6) is 0 Å². The molecule has 0 saturated carbocycles. The maximum atomic E-state index is 12.8. The minimum Gasteiger partial charge on any atom is -0.444 e. The number of aryl methyl sites for hydroxylation is 1. The van der Waals surface area contributed by atoms with Crippen molar-refractivity contribution in [3.63, 3.8) is 0 Å². The minimum atomic E-state index is -0.519. The number of benzene rings is 2. The van der Waals surface area contributed by atoms with Gasteiger partial charge >= 0.3 is 6.09 Å². The van der Waals surface area contributed by atoms with E-state index in [4.69, 9.17) is 16.3 Å². The standard InChI is InChI=1S/C24H33ClN2O2/c1-18-15-20(11-12-22(18)25)16-21(26-5)13-14-27(23(28)29-24(2,3)4)17-19-9-7-6-8-10-19/h6-12,15,21,26H,13-14,16-17H2,1-5H3. The fourth-order valence-corrected chi connectivity index (χ4v) is 3.26. The average molecular weight is 417 g/mol. The Morgan fingerprint density at radius 2 is 1.83 bits per heavy atom. The zero-order valence-electron chi connectivity index (χ0n) is 18.2. The van der Waals surface area contributed by atoms with Crippen molar-refractivity contribution in [3.05, 3.63) is 70.2 Å². The Kier molecular flexibility index (Phi) is 8.54. The molecule has 2 rings (SSSR count). The Bertz CT molecular complexity index is 787. The molecule has 0 spiro atoms. The molecule has 1 atom stereocenters. The highest BCUT2D eigenvalue weighted by atomic mass is 35.5. The van der Waals surface area contributed by atoms with Crippen molar-refractivity contribution >= 4 is 17.7 Å². The maximum absolute atomic E-state index is 12.8. The Hall–Kier alpha value is -2.04. The summed E-state index contributed by atoms with van der Waals surface area (Å²) in [7, 11) is 1.96. The molecule has 1 unspecified atom stereocenters. The van der Waals surface area contributed by atoms with Gasteiger partial charge in [-0.2, -0.15) is 0 Å². The monoisotopic (exact) mass is 416 g/mol. The SMILES string of the molecule is CNC(CCN(Cc1ccccc1)C(=O)OC(C)(C)C)Cc1ccc(Cl)c(C)c1. The third kappa shape index (κ3) is 8.08. The lowest BCUT2D eigenvalue weighted by molar-refractivity contribution is 0.0227. The van der Waals surface area contributed by atoms with Crippen LogP contribution in [0, 0.1) is 6.92 Å². The number of hydrogen-bond acceptors (Lipinski definition) is 3. The van der Waals surface area contributed by atoms with Crippen molar-refractivity contribution in [1.29, 1.82) is 0 Å². The Morgan fingerprint density at radius 1 is 1.14 bits per heavy atom. The Labute approximate surface area is 180 Å². The van der Waals surface area contributed by atoms with Crippen LogP contribution >= 0.6 is 11.6 Å². The van der Waals surface area contributed by atoms with Crippen LogP contribution in [0.25, 0.3) is 0 Å². The topological polar surface area (TPSA) is 41.6 Å². The number of rotatable bonds is 8. The lowest BCUT2D eigenvalue weighted by atomic mass is 10.0. The first-order valence-corrected chi connectivity index (χ1v) is 10.5. The summed E-state index contributed by atoms with van der Waals surface area (Å²) in [5.74, 6) is 0. The fraction of sp³-hybridized carbons (Fsp3) is 0.458. The van der Waals surface area contributed by atoms with E-state index >= 15 is 0 Å². The fourth-order valence-electron chi connectivity index (χ4n) is 3.14. The summed E-state index contributed by atoms with van der Waals surface area (Å²) in [5.41, 5.74) is 2.89. The molecule has 0 aromatic heterocycles. The van der Waals surface area contributed by atoms with Crippen LogP contribution in [0.2, 0.25) is 5.02 Å². The van der Waals surface area contributed by atoms with E-state index in [1.54, 1.807) is 4.90 Å². The minimum absolute atomic E-state index is 0.247. The first kappa shape index (κ1) is 23.2. The summed E-state index contributed by atoms with van der Waals surface area (Å²) >= 11 is 6.14. The van der Waals surface area contributed by atoms with Crippen molar-refractivity contribution in [3.8, 4) is 0 Å². The zero-order chi connectivity index (χ0) is 21.4. The van der Waals surface area contributed by atoms with E-state index in [1.807, 2.05) is 71.1 Å². The second kappa shape index (κ2) is 10.7. The van der Waals surface area contributed by atoms with Crippen molar-refractivity contribution in [2.75, 3.05) is 13.6 Å². The average Bonchev–Trinajstić information content (AvgIpc) is 2.66.